The molecule has 0 aromatic heterocycles. The molecule has 2 aliphatic rings. The molecule has 1 aromatic carbocycles. The average molecular weight is 309 g/mol. The molecule has 1 saturated heterocycles. The quantitative estimate of drug-likeness (QED) is 0.897. The molecular weight excluding hydrogens is 288 g/mol. The molecule has 21 heavy (non-hydrogen) atoms. The minimum Gasteiger partial charge on any atom is -0.396 e. The third-order valence-corrected chi connectivity index (χ3v) is 5.04. The van der Waals surface area contributed by atoms with Gasteiger partial charge in [-0.1, -0.05) is 29.8 Å². The summed E-state index contributed by atoms with van der Waals surface area (Å²) in [5.41, 5.74) is 1.16. The molecule has 1 atom stereocenters. The highest BCUT2D eigenvalue weighted by molar-refractivity contribution is 6.31. The zero-order chi connectivity index (χ0) is 14.9. The van der Waals surface area contributed by atoms with Gasteiger partial charge in [-0.2, -0.15) is 0 Å². The Hall–Kier alpha value is -1.26. The van der Waals surface area contributed by atoms with Crippen LogP contribution < -0.4 is 5.32 Å². The predicted octanol–water partition coefficient (Wildman–Crippen LogP) is 2.40. The van der Waals surface area contributed by atoms with Crippen LogP contribution in [0.4, 0.5) is 4.79 Å². The lowest BCUT2D eigenvalue weighted by molar-refractivity contribution is 0.197. The van der Waals surface area contributed by atoms with E-state index in [2.05, 4.69) is 11.4 Å². The van der Waals surface area contributed by atoms with Crippen LogP contribution in [-0.4, -0.2) is 42.3 Å². The smallest absolute Gasteiger partial charge is 0.317 e. The summed E-state index contributed by atoms with van der Waals surface area (Å²) in [7, 11) is 0. The summed E-state index contributed by atoms with van der Waals surface area (Å²) in [5.74, 6) is 0.231. The molecular formula is C16H21ClN2O2. The summed E-state index contributed by atoms with van der Waals surface area (Å²) in [6.07, 6.45) is 3.02. The molecule has 2 N–H and O–H groups in total. The lowest BCUT2D eigenvalue weighted by atomic mass is 9.96. The Balaban J connectivity index is 1.58. The number of carbonyl (C=O) groups excluding carboxylic acids is 1. The molecule has 1 aromatic rings. The van der Waals surface area contributed by atoms with Crippen molar-refractivity contribution in [3.63, 3.8) is 0 Å². The molecule has 1 aliphatic heterocycles. The van der Waals surface area contributed by atoms with Crippen molar-refractivity contribution >= 4 is 17.6 Å². The van der Waals surface area contributed by atoms with E-state index in [1.807, 2.05) is 18.2 Å². The Bertz CT molecular complexity index is 531. The van der Waals surface area contributed by atoms with E-state index in [0.29, 0.717) is 13.1 Å². The second kappa shape index (κ2) is 5.85. The van der Waals surface area contributed by atoms with E-state index >= 15 is 0 Å². The van der Waals surface area contributed by atoms with Crippen molar-refractivity contribution in [2.75, 3.05) is 26.2 Å². The first kappa shape index (κ1) is 14.7. The molecule has 0 bridgehead atoms. The summed E-state index contributed by atoms with van der Waals surface area (Å²) >= 11 is 6.28. The number of urea groups is 1. The third kappa shape index (κ3) is 3.01. The lowest BCUT2D eigenvalue weighted by Crippen LogP contribution is -2.42. The molecule has 2 fully saturated rings. The highest BCUT2D eigenvalue weighted by Gasteiger charge is 2.45. The van der Waals surface area contributed by atoms with E-state index in [4.69, 9.17) is 16.7 Å². The van der Waals surface area contributed by atoms with Crippen LogP contribution in [0.25, 0.3) is 0 Å². The van der Waals surface area contributed by atoms with Crippen molar-refractivity contribution in [1.29, 1.82) is 0 Å². The van der Waals surface area contributed by atoms with Crippen LogP contribution in [0.1, 0.15) is 24.8 Å². The topological polar surface area (TPSA) is 52.6 Å². The number of rotatable bonds is 4. The van der Waals surface area contributed by atoms with E-state index in [9.17, 15) is 4.79 Å². The lowest BCUT2D eigenvalue weighted by Gasteiger charge is -2.22. The van der Waals surface area contributed by atoms with Crippen molar-refractivity contribution in [3.8, 4) is 0 Å². The maximum Gasteiger partial charge on any atom is 0.317 e. The molecule has 4 nitrogen and oxygen atoms in total. The maximum absolute atomic E-state index is 12.2. The normalized spacial score (nSPS) is 23.1. The molecule has 0 spiro atoms. The summed E-state index contributed by atoms with van der Waals surface area (Å²) in [6, 6.07) is 7.86. The molecule has 2 amide bonds. The number of likely N-dealkylation sites (tertiary alicyclic amines) is 1. The van der Waals surface area contributed by atoms with Gasteiger partial charge in [0.25, 0.3) is 0 Å². The van der Waals surface area contributed by atoms with Crippen LogP contribution in [0.15, 0.2) is 24.3 Å². The number of halogens is 1. The molecule has 1 saturated carbocycles. The van der Waals surface area contributed by atoms with Crippen LogP contribution in [-0.2, 0) is 5.41 Å². The van der Waals surface area contributed by atoms with Gasteiger partial charge in [0, 0.05) is 42.6 Å². The fourth-order valence-corrected chi connectivity index (χ4v) is 3.44. The number of hydrogen-bond acceptors (Lipinski definition) is 2. The number of aliphatic hydroxyl groups excluding tert-OH is 1. The SMILES string of the molecule is O=C(NCC1(c2ccccc2Cl)CC1)N1CCC(CO)C1. The van der Waals surface area contributed by atoms with E-state index in [1.165, 1.54) is 0 Å². The first-order valence-corrected chi connectivity index (χ1v) is 7.91. The fourth-order valence-electron chi connectivity index (χ4n) is 3.11. The first-order valence-electron chi connectivity index (χ1n) is 7.53. The van der Waals surface area contributed by atoms with Gasteiger partial charge in [-0.25, -0.2) is 4.79 Å². The van der Waals surface area contributed by atoms with Gasteiger partial charge in [-0.3, -0.25) is 0 Å². The summed E-state index contributed by atoms with van der Waals surface area (Å²) in [5, 5.41) is 13.0. The fraction of sp³-hybridized carbons (Fsp3) is 0.562. The van der Waals surface area contributed by atoms with Crippen LogP contribution in [0, 0.1) is 5.92 Å². The monoisotopic (exact) mass is 308 g/mol. The number of carbonyl (C=O) groups is 1. The standard InChI is InChI=1S/C16H21ClN2O2/c17-14-4-2-1-3-13(14)16(6-7-16)11-18-15(21)19-8-5-12(9-19)10-20/h1-4,12,20H,5-11H2,(H,18,21). The number of nitrogens with one attached hydrogen (secondary N) is 1. The third-order valence-electron chi connectivity index (χ3n) is 4.71. The molecule has 114 valence electrons. The molecule has 1 unspecified atom stereocenters. The first-order chi connectivity index (χ1) is 10.1. The Kier molecular flexibility index (Phi) is 4.09. The summed E-state index contributed by atoms with van der Waals surface area (Å²) in [6.45, 7) is 2.18. The Morgan fingerprint density at radius 1 is 1.43 bits per heavy atom. The Labute approximate surface area is 130 Å². The van der Waals surface area contributed by atoms with Gasteiger partial charge in [0.15, 0.2) is 0 Å². The number of amides is 2. The average Bonchev–Trinajstić information content (AvgIpc) is 3.12. The van der Waals surface area contributed by atoms with Gasteiger partial charge in [-0.15, -0.1) is 0 Å². The van der Waals surface area contributed by atoms with Crippen LogP contribution in [0.2, 0.25) is 5.02 Å². The number of aliphatic hydroxyl groups is 1. The molecule has 5 heteroatoms. The van der Waals surface area contributed by atoms with Crippen LogP contribution >= 0.6 is 11.6 Å². The van der Waals surface area contributed by atoms with Crippen molar-refractivity contribution in [3.05, 3.63) is 34.9 Å². The number of nitrogens with zero attached hydrogens (tertiary/aromatic N) is 1. The number of hydrogen-bond donors (Lipinski definition) is 2. The Morgan fingerprint density at radius 2 is 2.19 bits per heavy atom. The second-order valence-corrected chi connectivity index (χ2v) is 6.61. The van der Waals surface area contributed by atoms with Gasteiger partial charge in [0.2, 0.25) is 0 Å². The van der Waals surface area contributed by atoms with Crippen molar-refractivity contribution in [2.24, 2.45) is 5.92 Å². The highest BCUT2D eigenvalue weighted by Crippen LogP contribution is 2.49. The van der Waals surface area contributed by atoms with Gasteiger partial charge in [-0.05, 0) is 30.9 Å². The van der Waals surface area contributed by atoms with E-state index in [0.717, 1.165) is 36.4 Å². The van der Waals surface area contributed by atoms with Crippen molar-refractivity contribution < 1.29 is 9.90 Å². The number of benzene rings is 1. The van der Waals surface area contributed by atoms with Crippen LogP contribution in [0.3, 0.4) is 0 Å². The molecule has 1 heterocycles. The van der Waals surface area contributed by atoms with E-state index in [1.54, 1.807) is 4.90 Å². The largest absolute Gasteiger partial charge is 0.396 e. The molecule has 3 rings (SSSR count). The van der Waals surface area contributed by atoms with Gasteiger partial charge in [0.05, 0.1) is 0 Å². The van der Waals surface area contributed by atoms with Crippen molar-refractivity contribution in [2.45, 2.75) is 24.7 Å². The molecule has 1 aliphatic carbocycles. The minimum absolute atomic E-state index is 0.0180. The zero-order valence-electron chi connectivity index (χ0n) is 12.0. The van der Waals surface area contributed by atoms with E-state index in [-0.39, 0.29) is 24.0 Å². The minimum atomic E-state index is -0.0238. The Morgan fingerprint density at radius 3 is 2.81 bits per heavy atom. The van der Waals surface area contributed by atoms with Gasteiger partial charge >= 0.3 is 6.03 Å². The predicted molar refractivity (Wildman–Crippen MR) is 82.5 cm³/mol. The molecule has 0 radical (unpaired) electrons. The highest BCUT2D eigenvalue weighted by atomic mass is 35.5. The zero-order valence-corrected chi connectivity index (χ0v) is 12.8. The second-order valence-electron chi connectivity index (χ2n) is 6.20. The van der Waals surface area contributed by atoms with Crippen molar-refractivity contribution in [1.82, 2.24) is 10.2 Å². The maximum atomic E-state index is 12.2. The van der Waals surface area contributed by atoms with E-state index < -0.39 is 0 Å². The summed E-state index contributed by atoms with van der Waals surface area (Å²) in [4.78, 5) is 14.0. The van der Waals surface area contributed by atoms with Gasteiger partial charge < -0.3 is 15.3 Å². The summed E-state index contributed by atoms with van der Waals surface area (Å²) < 4.78 is 0. The van der Waals surface area contributed by atoms with Crippen LogP contribution in [0.5, 0.6) is 0 Å². The van der Waals surface area contributed by atoms with Gasteiger partial charge in [0.1, 0.15) is 0 Å².